The highest BCUT2D eigenvalue weighted by Gasteiger charge is 2.44. The van der Waals surface area contributed by atoms with Crippen molar-refractivity contribution in [2.75, 3.05) is 6.61 Å². The van der Waals surface area contributed by atoms with Crippen LogP contribution in [0.25, 0.3) is 0 Å². The fraction of sp³-hybridized carbons (Fsp3) is 0.364. The van der Waals surface area contributed by atoms with Crippen LogP contribution in [-0.2, 0) is 15.7 Å². The standard InChI is InChI=1S/C11H9F5O3/c1-2-18-9(17)11(15,16)19-8-5-3-4-7(6-8)10(12,13)14/h3-6H,2H2,1H3. The number of benzene rings is 1. The molecule has 19 heavy (non-hydrogen) atoms. The maximum atomic E-state index is 13.1. The van der Waals surface area contributed by atoms with Gasteiger partial charge in [-0.3, -0.25) is 0 Å². The van der Waals surface area contributed by atoms with E-state index in [1.165, 1.54) is 6.92 Å². The van der Waals surface area contributed by atoms with Crippen LogP contribution >= 0.6 is 0 Å². The van der Waals surface area contributed by atoms with E-state index in [9.17, 15) is 26.7 Å². The van der Waals surface area contributed by atoms with Crippen LogP contribution in [-0.4, -0.2) is 18.7 Å². The molecule has 1 aromatic carbocycles. The highest BCUT2D eigenvalue weighted by molar-refractivity contribution is 5.76. The Bertz CT molecular complexity index is 456. The van der Waals surface area contributed by atoms with Gasteiger partial charge in [0.2, 0.25) is 0 Å². The van der Waals surface area contributed by atoms with Crippen LogP contribution in [0.5, 0.6) is 5.75 Å². The van der Waals surface area contributed by atoms with Crippen LogP contribution in [0.2, 0.25) is 0 Å². The Morgan fingerprint density at radius 1 is 1.21 bits per heavy atom. The summed E-state index contributed by atoms with van der Waals surface area (Å²) in [6.07, 6.45) is -9.04. The van der Waals surface area contributed by atoms with Gasteiger partial charge in [-0.2, -0.15) is 22.0 Å². The number of alkyl halides is 5. The van der Waals surface area contributed by atoms with Gasteiger partial charge in [0.25, 0.3) is 0 Å². The summed E-state index contributed by atoms with van der Waals surface area (Å²) in [5, 5.41) is 0. The summed E-state index contributed by atoms with van der Waals surface area (Å²) in [6, 6.07) is 2.82. The maximum absolute atomic E-state index is 13.1. The molecule has 0 fully saturated rings. The number of esters is 1. The van der Waals surface area contributed by atoms with Crippen molar-refractivity contribution in [3.8, 4) is 5.75 Å². The third-order valence-corrected chi connectivity index (χ3v) is 1.92. The molecule has 0 N–H and O–H groups in total. The highest BCUT2D eigenvalue weighted by atomic mass is 19.4. The van der Waals surface area contributed by atoms with Crippen molar-refractivity contribution in [3.63, 3.8) is 0 Å². The van der Waals surface area contributed by atoms with E-state index in [4.69, 9.17) is 0 Å². The van der Waals surface area contributed by atoms with E-state index in [-0.39, 0.29) is 6.61 Å². The molecule has 0 heterocycles. The van der Waals surface area contributed by atoms with Crippen molar-refractivity contribution in [2.24, 2.45) is 0 Å². The van der Waals surface area contributed by atoms with Crippen LogP contribution in [0.15, 0.2) is 24.3 Å². The Balaban J connectivity index is 2.91. The molecule has 0 unspecified atom stereocenters. The van der Waals surface area contributed by atoms with Crippen LogP contribution in [0.3, 0.4) is 0 Å². The first kappa shape index (κ1) is 15.2. The van der Waals surface area contributed by atoms with Crippen molar-refractivity contribution in [2.45, 2.75) is 19.2 Å². The van der Waals surface area contributed by atoms with Crippen molar-refractivity contribution in [3.05, 3.63) is 29.8 Å². The normalized spacial score (nSPS) is 12.1. The summed E-state index contributed by atoms with van der Waals surface area (Å²) >= 11 is 0. The molecule has 0 saturated carbocycles. The van der Waals surface area contributed by atoms with Gasteiger partial charge in [0, 0.05) is 0 Å². The number of hydrogen-bond donors (Lipinski definition) is 0. The van der Waals surface area contributed by atoms with Crippen LogP contribution in [0, 0.1) is 0 Å². The quantitative estimate of drug-likeness (QED) is 0.629. The Labute approximate surface area is 104 Å². The van der Waals surface area contributed by atoms with Crippen LogP contribution in [0.1, 0.15) is 12.5 Å². The monoisotopic (exact) mass is 284 g/mol. The maximum Gasteiger partial charge on any atom is 0.502 e. The predicted octanol–water partition coefficient (Wildman–Crippen LogP) is 3.24. The summed E-state index contributed by atoms with van der Waals surface area (Å²) < 4.78 is 71.3. The zero-order valence-electron chi connectivity index (χ0n) is 9.63. The summed E-state index contributed by atoms with van der Waals surface area (Å²) in [6.45, 7) is 0.999. The lowest BCUT2D eigenvalue weighted by molar-refractivity contribution is -0.216. The molecular weight excluding hydrogens is 275 g/mol. The smallest absolute Gasteiger partial charge is 0.459 e. The van der Waals surface area contributed by atoms with Crippen molar-refractivity contribution < 1.29 is 36.2 Å². The lowest BCUT2D eigenvalue weighted by atomic mass is 10.2. The van der Waals surface area contributed by atoms with Gasteiger partial charge in [0.1, 0.15) is 5.75 Å². The number of carbonyl (C=O) groups excluding carboxylic acids is 1. The number of ether oxygens (including phenoxy) is 2. The molecule has 1 aromatic rings. The van der Waals surface area contributed by atoms with Crippen LogP contribution in [0.4, 0.5) is 22.0 Å². The molecule has 0 aliphatic heterocycles. The van der Waals surface area contributed by atoms with E-state index in [2.05, 4.69) is 9.47 Å². The molecular formula is C11H9F5O3. The molecule has 0 amide bonds. The topological polar surface area (TPSA) is 35.5 Å². The fourth-order valence-corrected chi connectivity index (χ4v) is 1.14. The predicted molar refractivity (Wildman–Crippen MR) is 53.7 cm³/mol. The second kappa shape index (κ2) is 5.41. The van der Waals surface area contributed by atoms with Gasteiger partial charge in [-0.05, 0) is 25.1 Å². The van der Waals surface area contributed by atoms with Gasteiger partial charge in [-0.1, -0.05) is 6.07 Å². The average Bonchev–Trinajstić information content (AvgIpc) is 2.28. The number of hydrogen-bond acceptors (Lipinski definition) is 3. The largest absolute Gasteiger partial charge is 0.502 e. The van der Waals surface area contributed by atoms with Crippen LogP contribution < -0.4 is 4.74 Å². The molecule has 0 aromatic heterocycles. The molecule has 106 valence electrons. The first-order valence-corrected chi connectivity index (χ1v) is 5.08. The van der Waals surface area contributed by atoms with Gasteiger partial charge < -0.3 is 9.47 Å². The van der Waals surface area contributed by atoms with E-state index < -0.39 is 29.6 Å². The van der Waals surface area contributed by atoms with E-state index in [0.717, 1.165) is 12.1 Å². The summed E-state index contributed by atoms with van der Waals surface area (Å²) in [5.74, 6) is -2.75. The summed E-state index contributed by atoms with van der Waals surface area (Å²) in [7, 11) is 0. The van der Waals surface area contributed by atoms with Gasteiger partial charge in [-0.15, -0.1) is 0 Å². The Kier molecular flexibility index (Phi) is 4.33. The number of halogens is 5. The first-order chi connectivity index (χ1) is 8.66. The van der Waals surface area contributed by atoms with E-state index in [1.54, 1.807) is 0 Å². The molecule has 0 bridgehead atoms. The highest BCUT2D eigenvalue weighted by Crippen LogP contribution is 2.32. The lowest BCUT2D eigenvalue weighted by Gasteiger charge is -2.16. The first-order valence-electron chi connectivity index (χ1n) is 5.08. The Hall–Kier alpha value is -1.86. The molecule has 8 heteroatoms. The third kappa shape index (κ3) is 4.08. The molecule has 0 aliphatic rings. The minimum atomic E-state index is -4.70. The minimum Gasteiger partial charge on any atom is -0.459 e. The fourth-order valence-electron chi connectivity index (χ4n) is 1.14. The second-order valence-electron chi connectivity index (χ2n) is 3.36. The lowest BCUT2D eigenvalue weighted by Crippen LogP contribution is -2.36. The molecule has 3 nitrogen and oxygen atoms in total. The molecule has 0 radical (unpaired) electrons. The SMILES string of the molecule is CCOC(=O)C(F)(F)Oc1cccc(C(F)(F)F)c1. The summed E-state index contributed by atoms with van der Waals surface area (Å²) in [4.78, 5) is 10.8. The van der Waals surface area contributed by atoms with Crippen molar-refractivity contribution in [1.29, 1.82) is 0 Å². The summed E-state index contributed by atoms with van der Waals surface area (Å²) in [5.41, 5.74) is -1.16. The Morgan fingerprint density at radius 2 is 1.84 bits per heavy atom. The molecule has 0 spiro atoms. The van der Waals surface area contributed by atoms with E-state index in [0.29, 0.717) is 12.1 Å². The van der Waals surface area contributed by atoms with Gasteiger partial charge in [0.05, 0.1) is 12.2 Å². The third-order valence-electron chi connectivity index (χ3n) is 1.92. The van der Waals surface area contributed by atoms with E-state index in [1.807, 2.05) is 0 Å². The number of rotatable bonds is 4. The molecule has 0 aliphatic carbocycles. The second-order valence-corrected chi connectivity index (χ2v) is 3.36. The van der Waals surface area contributed by atoms with E-state index >= 15 is 0 Å². The minimum absolute atomic E-state index is 0.305. The van der Waals surface area contributed by atoms with Gasteiger partial charge >= 0.3 is 18.3 Å². The molecule has 0 saturated heterocycles. The molecule has 1 rings (SSSR count). The average molecular weight is 284 g/mol. The zero-order chi connectivity index (χ0) is 14.7. The Morgan fingerprint density at radius 3 is 2.37 bits per heavy atom. The van der Waals surface area contributed by atoms with Gasteiger partial charge in [-0.25, -0.2) is 4.79 Å². The number of carbonyl (C=O) groups is 1. The molecule has 0 atom stereocenters. The van der Waals surface area contributed by atoms with Crippen molar-refractivity contribution in [1.82, 2.24) is 0 Å². The zero-order valence-corrected chi connectivity index (χ0v) is 9.63. The van der Waals surface area contributed by atoms with Crippen molar-refractivity contribution >= 4 is 5.97 Å². The van der Waals surface area contributed by atoms with Gasteiger partial charge in [0.15, 0.2) is 0 Å².